The van der Waals surface area contributed by atoms with Gasteiger partial charge < -0.3 is 15.7 Å². The molecule has 0 aromatic heterocycles. The first-order chi connectivity index (χ1) is 11.7. The highest BCUT2D eigenvalue weighted by Gasteiger charge is 2.15. The van der Waals surface area contributed by atoms with Crippen LogP contribution in [-0.4, -0.2) is 24.3 Å². The highest BCUT2D eigenvalue weighted by Crippen LogP contribution is 2.18. The van der Waals surface area contributed by atoms with Gasteiger partial charge in [0.05, 0.1) is 6.04 Å². The Morgan fingerprint density at radius 3 is 2.29 bits per heavy atom. The van der Waals surface area contributed by atoms with E-state index in [1.807, 2.05) is 55.5 Å². The fraction of sp³-hybridized carbons (Fsp3) is 0.350. The molecular formula is C20H26N2O2. The van der Waals surface area contributed by atoms with Crippen LogP contribution in [0.4, 0.5) is 4.79 Å². The number of carbonyl (C=O) groups is 1. The van der Waals surface area contributed by atoms with E-state index < -0.39 is 0 Å². The Balaban J connectivity index is 1.99. The van der Waals surface area contributed by atoms with Gasteiger partial charge in [0.2, 0.25) is 0 Å². The van der Waals surface area contributed by atoms with Gasteiger partial charge in [0.25, 0.3) is 0 Å². The molecule has 4 nitrogen and oxygen atoms in total. The molecule has 0 saturated carbocycles. The van der Waals surface area contributed by atoms with Gasteiger partial charge in [0.15, 0.2) is 0 Å². The van der Waals surface area contributed by atoms with Crippen molar-refractivity contribution in [2.75, 3.05) is 13.2 Å². The molecule has 0 heterocycles. The van der Waals surface area contributed by atoms with Gasteiger partial charge >= 0.3 is 6.03 Å². The number of nitrogens with one attached hydrogen (secondary N) is 2. The fourth-order valence-corrected chi connectivity index (χ4v) is 2.59. The highest BCUT2D eigenvalue weighted by molar-refractivity contribution is 5.74. The van der Waals surface area contributed by atoms with Crippen molar-refractivity contribution < 1.29 is 9.90 Å². The van der Waals surface area contributed by atoms with Crippen molar-refractivity contribution in [3.8, 4) is 0 Å². The third-order valence-corrected chi connectivity index (χ3v) is 4.02. The largest absolute Gasteiger partial charge is 0.396 e. The normalized spacial score (nSPS) is 13.1. The molecule has 0 radical (unpaired) electrons. The lowest BCUT2D eigenvalue weighted by molar-refractivity contribution is 0.230. The first-order valence-electron chi connectivity index (χ1n) is 8.43. The van der Waals surface area contributed by atoms with Gasteiger partial charge in [-0.25, -0.2) is 4.79 Å². The number of benzene rings is 2. The van der Waals surface area contributed by atoms with Gasteiger partial charge in [-0.3, -0.25) is 0 Å². The number of hydrogen-bond donors (Lipinski definition) is 3. The second-order valence-corrected chi connectivity index (χ2v) is 6.12. The summed E-state index contributed by atoms with van der Waals surface area (Å²) in [5.41, 5.74) is 2.26. The van der Waals surface area contributed by atoms with E-state index in [0.717, 1.165) is 12.0 Å². The molecule has 3 N–H and O–H groups in total. The minimum absolute atomic E-state index is 0.0817. The zero-order valence-electron chi connectivity index (χ0n) is 14.1. The quantitative estimate of drug-likeness (QED) is 0.697. The van der Waals surface area contributed by atoms with E-state index >= 15 is 0 Å². The number of hydrogen-bond acceptors (Lipinski definition) is 2. The van der Waals surface area contributed by atoms with Crippen molar-refractivity contribution >= 4 is 6.03 Å². The van der Waals surface area contributed by atoms with Gasteiger partial charge in [-0.2, -0.15) is 0 Å². The summed E-state index contributed by atoms with van der Waals surface area (Å²) in [6, 6.07) is 19.9. The summed E-state index contributed by atoms with van der Waals surface area (Å²) >= 11 is 0. The molecule has 4 heteroatoms. The van der Waals surface area contributed by atoms with Gasteiger partial charge in [-0.1, -0.05) is 67.6 Å². The van der Waals surface area contributed by atoms with Gasteiger partial charge in [-0.15, -0.1) is 0 Å². The molecule has 0 saturated heterocycles. The van der Waals surface area contributed by atoms with Gasteiger partial charge in [0, 0.05) is 13.2 Å². The van der Waals surface area contributed by atoms with Crippen LogP contribution in [0.3, 0.4) is 0 Å². The molecule has 0 spiro atoms. The number of urea groups is 1. The van der Waals surface area contributed by atoms with E-state index in [-0.39, 0.29) is 24.6 Å². The van der Waals surface area contributed by atoms with Crippen LogP contribution in [0.5, 0.6) is 0 Å². The van der Waals surface area contributed by atoms with Crippen molar-refractivity contribution in [2.24, 2.45) is 5.92 Å². The monoisotopic (exact) mass is 326 g/mol. The third kappa shape index (κ3) is 6.05. The molecule has 2 atom stereocenters. The Morgan fingerprint density at radius 2 is 1.67 bits per heavy atom. The maximum Gasteiger partial charge on any atom is 0.315 e. The molecule has 0 aliphatic carbocycles. The van der Waals surface area contributed by atoms with Crippen molar-refractivity contribution in [3.05, 3.63) is 71.8 Å². The van der Waals surface area contributed by atoms with Crippen LogP contribution in [0, 0.1) is 5.92 Å². The predicted molar refractivity (Wildman–Crippen MR) is 96.7 cm³/mol. The molecule has 0 bridgehead atoms. The second kappa shape index (κ2) is 9.73. The minimum Gasteiger partial charge on any atom is -0.396 e. The number of aliphatic hydroxyl groups is 1. The smallest absolute Gasteiger partial charge is 0.315 e. The van der Waals surface area contributed by atoms with Crippen LogP contribution >= 0.6 is 0 Å². The third-order valence-electron chi connectivity index (χ3n) is 4.02. The molecule has 2 rings (SSSR count). The average Bonchev–Trinajstić information content (AvgIpc) is 2.61. The number of rotatable bonds is 8. The molecule has 0 aliphatic heterocycles. The second-order valence-electron chi connectivity index (χ2n) is 6.12. The van der Waals surface area contributed by atoms with Crippen molar-refractivity contribution in [3.63, 3.8) is 0 Å². The summed E-state index contributed by atoms with van der Waals surface area (Å²) in [6.07, 6.45) is 1.43. The van der Waals surface area contributed by atoms with Gasteiger partial charge in [-0.05, 0) is 29.9 Å². The van der Waals surface area contributed by atoms with E-state index in [4.69, 9.17) is 5.11 Å². The topological polar surface area (TPSA) is 61.4 Å². The molecule has 2 unspecified atom stereocenters. The Kier molecular flexibility index (Phi) is 7.30. The van der Waals surface area contributed by atoms with E-state index in [0.29, 0.717) is 13.0 Å². The highest BCUT2D eigenvalue weighted by atomic mass is 16.3. The molecule has 0 aliphatic rings. The molecule has 128 valence electrons. The van der Waals surface area contributed by atoms with Crippen molar-refractivity contribution in [1.82, 2.24) is 10.6 Å². The number of carbonyl (C=O) groups excluding carboxylic acids is 1. The summed E-state index contributed by atoms with van der Waals surface area (Å²) in [7, 11) is 0. The molecular weight excluding hydrogens is 300 g/mol. The number of aliphatic hydroxyl groups excluding tert-OH is 1. The molecule has 0 fully saturated rings. The molecule has 24 heavy (non-hydrogen) atoms. The first kappa shape index (κ1) is 18.0. The summed E-state index contributed by atoms with van der Waals surface area (Å²) in [5.74, 6) is 0.255. The SMILES string of the molecule is CC(CCO)CNC(=O)NC(Cc1ccccc1)c1ccccc1. The lowest BCUT2D eigenvalue weighted by Crippen LogP contribution is -2.40. The minimum atomic E-state index is -0.176. The lowest BCUT2D eigenvalue weighted by atomic mass is 9.99. The summed E-state index contributed by atoms with van der Waals surface area (Å²) in [5, 5.41) is 14.9. The zero-order valence-corrected chi connectivity index (χ0v) is 14.1. The molecule has 2 aromatic rings. The molecule has 2 aromatic carbocycles. The van der Waals surface area contributed by atoms with Gasteiger partial charge in [0.1, 0.15) is 0 Å². The van der Waals surface area contributed by atoms with E-state index in [2.05, 4.69) is 22.8 Å². The van der Waals surface area contributed by atoms with Crippen LogP contribution in [0.1, 0.15) is 30.5 Å². The van der Waals surface area contributed by atoms with Crippen LogP contribution in [-0.2, 0) is 6.42 Å². The fourth-order valence-electron chi connectivity index (χ4n) is 2.59. The maximum atomic E-state index is 12.2. The van der Waals surface area contributed by atoms with Crippen LogP contribution in [0.2, 0.25) is 0 Å². The van der Waals surface area contributed by atoms with Crippen LogP contribution in [0.15, 0.2) is 60.7 Å². The predicted octanol–water partition coefficient (Wildman–Crippen LogP) is 3.29. The Labute approximate surface area is 143 Å². The summed E-state index contributed by atoms with van der Waals surface area (Å²) in [4.78, 5) is 12.2. The van der Waals surface area contributed by atoms with E-state index in [1.165, 1.54) is 5.56 Å². The molecule has 2 amide bonds. The standard InChI is InChI=1S/C20H26N2O2/c1-16(12-13-23)15-21-20(24)22-19(18-10-6-3-7-11-18)14-17-8-4-2-5-9-17/h2-11,16,19,23H,12-15H2,1H3,(H2,21,22,24). The first-order valence-corrected chi connectivity index (χ1v) is 8.43. The van der Waals surface area contributed by atoms with Crippen molar-refractivity contribution in [1.29, 1.82) is 0 Å². The van der Waals surface area contributed by atoms with E-state index in [1.54, 1.807) is 0 Å². The zero-order chi connectivity index (χ0) is 17.2. The van der Waals surface area contributed by atoms with Crippen LogP contribution < -0.4 is 10.6 Å². The Hall–Kier alpha value is -2.33. The van der Waals surface area contributed by atoms with E-state index in [9.17, 15) is 4.79 Å². The number of amides is 2. The summed E-state index contributed by atoms with van der Waals surface area (Å²) < 4.78 is 0. The maximum absolute atomic E-state index is 12.2. The van der Waals surface area contributed by atoms with Crippen LogP contribution in [0.25, 0.3) is 0 Å². The average molecular weight is 326 g/mol. The van der Waals surface area contributed by atoms with Crippen molar-refractivity contribution in [2.45, 2.75) is 25.8 Å². The summed E-state index contributed by atoms with van der Waals surface area (Å²) in [6.45, 7) is 2.71. The Bertz CT molecular complexity index is 602. The Morgan fingerprint density at radius 1 is 1.04 bits per heavy atom. The lowest BCUT2D eigenvalue weighted by Gasteiger charge is -2.21.